The van der Waals surface area contributed by atoms with Gasteiger partial charge in [0, 0.05) is 33.5 Å². The predicted octanol–water partition coefficient (Wildman–Crippen LogP) is 16.8. The number of nitrogens with zero attached hydrogens (tertiary/aromatic N) is 2. The van der Waals surface area contributed by atoms with E-state index in [0.717, 1.165) is 29.2 Å². The Kier molecular flexibility index (Phi) is 10.0. The molecule has 10 aromatic rings. The zero-order chi connectivity index (χ0) is 42.0. The lowest BCUT2D eigenvalue weighted by atomic mass is 9.90. The minimum atomic E-state index is 0.946. The summed E-state index contributed by atoms with van der Waals surface area (Å²) in [6.45, 7) is 0. The maximum Gasteiger partial charge on any atom is 0.0547 e. The first-order valence-corrected chi connectivity index (χ1v) is 21.7. The van der Waals surface area contributed by atoms with Crippen LogP contribution in [-0.4, -0.2) is 4.57 Å². The third-order valence-electron chi connectivity index (χ3n) is 12.2. The molecule has 0 bridgehead atoms. The maximum absolute atomic E-state index is 2.38. The molecule has 1 heterocycles. The Labute approximate surface area is 369 Å². The van der Waals surface area contributed by atoms with Gasteiger partial charge in [0.1, 0.15) is 0 Å². The second-order valence-electron chi connectivity index (χ2n) is 16.0. The van der Waals surface area contributed by atoms with Crippen molar-refractivity contribution in [1.82, 2.24) is 4.57 Å². The molecular weight excluding hydrogens is 761 g/mol. The van der Waals surface area contributed by atoms with E-state index in [-0.39, 0.29) is 0 Å². The van der Waals surface area contributed by atoms with Crippen molar-refractivity contribution in [2.24, 2.45) is 0 Å². The first-order valence-electron chi connectivity index (χ1n) is 21.7. The Morgan fingerprint density at radius 1 is 0.365 bits per heavy atom. The van der Waals surface area contributed by atoms with Crippen molar-refractivity contribution in [3.63, 3.8) is 0 Å². The molecule has 0 amide bonds. The SMILES string of the molecule is C1=CCC=CC(c2ccc(-c3ccc(N(c4ccc(-c5ccccc5)cc4)c4ccc(-c5cccc6c5c5ccccc5n6-c5ccccc5)cc4)cc3)cc2-c2ccccc2)=C1. The zero-order valence-electron chi connectivity index (χ0n) is 34.9. The van der Waals surface area contributed by atoms with Gasteiger partial charge in [-0.15, -0.1) is 0 Å². The summed E-state index contributed by atoms with van der Waals surface area (Å²) >= 11 is 0. The molecule has 298 valence electrons. The molecule has 0 fully saturated rings. The van der Waals surface area contributed by atoms with Gasteiger partial charge in [-0.3, -0.25) is 0 Å². The van der Waals surface area contributed by atoms with Crippen LogP contribution in [-0.2, 0) is 0 Å². The fraction of sp³-hybridized carbons (Fsp3) is 0.0164. The van der Waals surface area contributed by atoms with Gasteiger partial charge < -0.3 is 9.47 Å². The first kappa shape index (κ1) is 37.8. The van der Waals surface area contributed by atoms with Gasteiger partial charge >= 0.3 is 0 Å². The molecule has 0 aliphatic heterocycles. The molecule has 1 aliphatic rings. The minimum absolute atomic E-state index is 0.946. The van der Waals surface area contributed by atoms with E-state index in [1.807, 2.05) is 0 Å². The second kappa shape index (κ2) is 16.7. The molecule has 1 aromatic heterocycles. The lowest BCUT2D eigenvalue weighted by molar-refractivity contribution is 1.18. The summed E-state index contributed by atoms with van der Waals surface area (Å²) in [4.78, 5) is 2.36. The summed E-state index contributed by atoms with van der Waals surface area (Å²) in [5.41, 5.74) is 18.9. The van der Waals surface area contributed by atoms with Crippen LogP contribution in [0.5, 0.6) is 0 Å². The van der Waals surface area contributed by atoms with Crippen molar-refractivity contribution in [2.45, 2.75) is 6.42 Å². The Morgan fingerprint density at radius 2 is 0.889 bits per heavy atom. The van der Waals surface area contributed by atoms with E-state index >= 15 is 0 Å². The van der Waals surface area contributed by atoms with Gasteiger partial charge in [0.2, 0.25) is 0 Å². The Bertz CT molecular complexity index is 3300. The smallest absolute Gasteiger partial charge is 0.0547 e. The molecule has 2 heteroatoms. The summed E-state index contributed by atoms with van der Waals surface area (Å²) in [6, 6.07) is 81.4. The molecule has 9 aromatic carbocycles. The molecule has 0 N–H and O–H groups in total. The number of hydrogen-bond acceptors (Lipinski definition) is 1. The van der Waals surface area contributed by atoms with E-state index in [2.05, 4.69) is 264 Å². The number of para-hydroxylation sites is 2. The van der Waals surface area contributed by atoms with Crippen molar-refractivity contribution >= 4 is 44.4 Å². The number of anilines is 3. The van der Waals surface area contributed by atoms with Crippen molar-refractivity contribution in [3.05, 3.63) is 260 Å². The molecule has 0 radical (unpaired) electrons. The molecular formula is C61H44N2. The van der Waals surface area contributed by atoms with Crippen LogP contribution in [0.2, 0.25) is 0 Å². The molecule has 0 unspecified atom stereocenters. The molecule has 0 saturated carbocycles. The van der Waals surface area contributed by atoms with Gasteiger partial charge in [-0.2, -0.15) is 0 Å². The average molecular weight is 805 g/mol. The molecule has 0 spiro atoms. The highest BCUT2D eigenvalue weighted by atomic mass is 15.1. The maximum atomic E-state index is 2.38. The van der Waals surface area contributed by atoms with Gasteiger partial charge in [-0.25, -0.2) is 0 Å². The molecule has 0 saturated heterocycles. The van der Waals surface area contributed by atoms with Crippen LogP contribution in [0.4, 0.5) is 17.1 Å². The number of aromatic nitrogens is 1. The highest BCUT2D eigenvalue weighted by molar-refractivity contribution is 6.15. The highest BCUT2D eigenvalue weighted by Crippen LogP contribution is 2.42. The summed E-state index contributed by atoms with van der Waals surface area (Å²) in [7, 11) is 0. The number of fused-ring (bicyclic) bond motifs is 3. The highest BCUT2D eigenvalue weighted by Gasteiger charge is 2.18. The van der Waals surface area contributed by atoms with Crippen molar-refractivity contribution < 1.29 is 0 Å². The molecule has 2 nitrogen and oxygen atoms in total. The van der Waals surface area contributed by atoms with Crippen LogP contribution in [0.25, 0.3) is 77.6 Å². The van der Waals surface area contributed by atoms with Crippen LogP contribution in [0.3, 0.4) is 0 Å². The van der Waals surface area contributed by atoms with Gasteiger partial charge in [0.05, 0.1) is 11.0 Å². The summed E-state index contributed by atoms with van der Waals surface area (Å²) in [5, 5.41) is 2.51. The lowest BCUT2D eigenvalue weighted by Crippen LogP contribution is -2.09. The van der Waals surface area contributed by atoms with Crippen LogP contribution >= 0.6 is 0 Å². The van der Waals surface area contributed by atoms with E-state index in [0.29, 0.717) is 0 Å². The Hall–Kier alpha value is -8.20. The second-order valence-corrected chi connectivity index (χ2v) is 16.0. The van der Waals surface area contributed by atoms with Crippen LogP contribution in [0.15, 0.2) is 255 Å². The number of hydrogen-bond donors (Lipinski definition) is 0. The van der Waals surface area contributed by atoms with Crippen LogP contribution in [0, 0.1) is 0 Å². The summed E-state index contributed by atoms with van der Waals surface area (Å²) in [6.07, 6.45) is 12.0. The summed E-state index contributed by atoms with van der Waals surface area (Å²) < 4.78 is 2.38. The lowest BCUT2D eigenvalue weighted by Gasteiger charge is -2.26. The van der Waals surface area contributed by atoms with Crippen molar-refractivity contribution in [2.75, 3.05) is 4.90 Å². The van der Waals surface area contributed by atoms with Gasteiger partial charge in [-0.1, -0.05) is 188 Å². The minimum Gasteiger partial charge on any atom is -0.311 e. The standard InChI is InChI=1S/C61H44N2/c1-2-7-20-47(19-6-1)55-42-35-50(43-58(55)48-21-10-4-11-22-48)46-31-38-53(39-32-46)62(52-36-29-45(30-37-52)44-17-8-3-9-18-44)54-40-33-49(34-41-54)56-26-16-28-60-61(56)57-25-14-15-27-59(57)63(60)51-23-12-5-13-24-51/h1,3-43H,2H2. The Morgan fingerprint density at radius 3 is 1.57 bits per heavy atom. The average Bonchev–Trinajstić information content (AvgIpc) is 3.47. The fourth-order valence-corrected chi connectivity index (χ4v) is 9.18. The molecule has 1 aliphatic carbocycles. The van der Waals surface area contributed by atoms with Crippen LogP contribution in [0.1, 0.15) is 12.0 Å². The first-order chi connectivity index (χ1) is 31.3. The number of allylic oxidation sites excluding steroid dienone is 6. The van der Waals surface area contributed by atoms with E-state index in [9.17, 15) is 0 Å². The fourth-order valence-electron chi connectivity index (χ4n) is 9.18. The Balaban J connectivity index is 0.988. The third kappa shape index (κ3) is 7.28. The van der Waals surface area contributed by atoms with E-state index in [1.54, 1.807) is 0 Å². The predicted molar refractivity (Wildman–Crippen MR) is 268 cm³/mol. The molecule has 0 atom stereocenters. The zero-order valence-corrected chi connectivity index (χ0v) is 34.9. The van der Waals surface area contributed by atoms with Crippen LogP contribution < -0.4 is 4.90 Å². The van der Waals surface area contributed by atoms with E-state index < -0.39 is 0 Å². The van der Waals surface area contributed by atoms with E-state index in [1.165, 1.54) is 77.5 Å². The van der Waals surface area contributed by atoms with Crippen molar-refractivity contribution in [1.29, 1.82) is 0 Å². The molecule has 11 rings (SSSR count). The van der Waals surface area contributed by atoms with Gasteiger partial charge in [0.15, 0.2) is 0 Å². The largest absolute Gasteiger partial charge is 0.311 e. The topological polar surface area (TPSA) is 8.17 Å². The number of rotatable bonds is 9. The number of benzene rings is 9. The normalized spacial score (nSPS) is 12.3. The van der Waals surface area contributed by atoms with Gasteiger partial charge in [0.25, 0.3) is 0 Å². The van der Waals surface area contributed by atoms with Crippen molar-refractivity contribution in [3.8, 4) is 50.2 Å². The monoisotopic (exact) mass is 804 g/mol. The quantitative estimate of drug-likeness (QED) is 0.141. The summed E-state index contributed by atoms with van der Waals surface area (Å²) in [5.74, 6) is 0. The van der Waals surface area contributed by atoms with E-state index in [4.69, 9.17) is 0 Å². The third-order valence-corrected chi connectivity index (χ3v) is 12.2. The molecule has 63 heavy (non-hydrogen) atoms. The van der Waals surface area contributed by atoms with Gasteiger partial charge in [-0.05, 0) is 129 Å².